The van der Waals surface area contributed by atoms with Gasteiger partial charge in [0, 0.05) is 5.56 Å². The van der Waals surface area contributed by atoms with E-state index in [0.717, 1.165) is 5.56 Å². The summed E-state index contributed by atoms with van der Waals surface area (Å²) in [6, 6.07) is 11.2. The number of benzene rings is 2. The van der Waals surface area contributed by atoms with Crippen LogP contribution in [-0.4, -0.2) is 11.1 Å². The number of hydrogen-bond acceptors (Lipinski definition) is 4. The zero-order chi connectivity index (χ0) is 15.7. The van der Waals surface area contributed by atoms with Gasteiger partial charge in [0.2, 0.25) is 5.89 Å². The summed E-state index contributed by atoms with van der Waals surface area (Å²) in [4.78, 5) is 15.2. The Balaban J connectivity index is 1.96. The molecule has 1 heterocycles. The van der Waals surface area contributed by atoms with Gasteiger partial charge in [-0.05, 0) is 48.9 Å². The van der Waals surface area contributed by atoms with E-state index >= 15 is 0 Å². The number of oxazole rings is 1. The zero-order valence-electron chi connectivity index (χ0n) is 11.7. The molecule has 1 amide bonds. The number of halogens is 1. The largest absolute Gasteiger partial charge is 0.442 e. The molecule has 0 saturated heterocycles. The van der Waals surface area contributed by atoms with Crippen LogP contribution in [0.4, 0.5) is 9.18 Å². The fraction of sp³-hybridized carbons (Fsp3) is 0.125. The van der Waals surface area contributed by atoms with Crippen LogP contribution >= 0.6 is 0 Å². The monoisotopic (exact) mass is 300 g/mol. The molecular weight excluding hydrogens is 287 g/mol. The second-order valence-corrected chi connectivity index (χ2v) is 4.83. The summed E-state index contributed by atoms with van der Waals surface area (Å²) >= 11 is 0. The van der Waals surface area contributed by atoms with Gasteiger partial charge in [0.25, 0.3) is 0 Å². The van der Waals surface area contributed by atoms with E-state index in [9.17, 15) is 9.18 Å². The molecular formula is C16H13FN2O3. The summed E-state index contributed by atoms with van der Waals surface area (Å²) in [6.07, 6.45) is -1.31. The van der Waals surface area contributed by atoms with Crippen LogP contribution in [0.25, 0.3) is 22.6 Å². The normalized spacial score (nSPS) is 12.3. The quantitative estimate of drug-likeness (QED) is 0.798. The first kappa shape index (κ1) is 14.1. The third kappa shape index (κ3) is 2.76. The zero-order valence-corrected chi connectivity index (χ0v) is 11.7. The molecule has 2 aromatic carbocycles. The van der Waals surface area contributed by atoms with Crippen LogP contribution < -0.4 is 5.73 Å². The predicted molar refractivity (Wildman–Crippen MR) is 78.5 cm³/mol. The Morgan fingerprint density at radius 1 is 1.27 bits per heavy atom. The minimum absolute atomic E-state index is 0.320. The second kappa shape index (κ2) is 5.48. The number of fused-ring (bicyclic) bond motifs is 1. The first-order valence-electron chi connectivity index (χ1n) is 6.65. The van der Waals surface area contributed by atoms with Crippen molar-refractivity contribution in [2.45, 2.75) is 13.0 Å². The summed E-state index contributed by atoms with van der Waals surface area (Å²) in [7, 11) is 0. The number of nitrogens with zero attached hydrogens (tertiary/aromatic N) is 1. The highest BCUT2D eigenvalue weighted by atomic mass is 19.1. The molecule has 0 aliphatic rings. The van der Waals surface area contributed by atoms with Crippen molar-refractivity contribution >= 4 is 17.2 Å². The number of carbonyl (C=O) groups is 1. The maximum atomic E-state index is 13.0. The van der Waals surface area contributed by atoms with Gasteiger partial charge in [-0.25, -0.2) is 14.2 Å². The van der Waals surface area contributed by atoms with Crippen molar-refractivity contribution < 1.29 is 18.3 Å². The van der Waals surface area contributed by atoms with Crippen molar-refractivity contribution in [1.29, 1.82) is 0 Å². The van der Waals surface area contributed by atoms with Crippen molar-refractivity contribution in [2.24, 2.45) is 5.73 Å². The molecule has 1 unspecified atom stereocenters. The molecule has 2 N–H and O–H groups in total. The van der Waals surface area contributed by atoms with Crippen molar-refractivity contribution in [2.75, 3.05) is 0 Å². The molecule has 0 saturated carbocycles. The molecule has 0 aliphatic heterocycles. The Hall–Kier alpha value is -2.89. The average Bonchev–Trinajstić information content (AvgIpc) is 2.90. The number of carbonyl (C=O) groups excluding carboxylic acids is 1. The summed E-state index contributed by atoms with van der Waals surface area (Å²) in [6.45, 7) is 1.72. The van der Waals surface area contributed by atoms with Gasteiger partial charge in [0.1, 0.15) is 17.4 Å². The SMILES string of the molecule is CC(OC(N)=O)c1ccc2oc(-c3ccc(F)cc3)nc2c1. The number of hydrogen-bond donors (Lipinski definition) is 1. The fourth-order valence-corrected chi connectivity index (χ4v) is 2.16. The van der Waals surface area contributed by atoms with Gasteiger partial charge < -0.3 is 14.9 Å². The molecule has 0 aliphatic carbocycles. The van der Waals surface area contributed by atoms with Gasteiger partial charge in [0.15, 0.2) is 5.58 Å². The van der Waals surface area contributed by atoms with E-state index in [4.69, 9.17) is 14.9 Å². The van der Waals surface area contributed by atoms with Crippen molar-refractivity contribution in [1.82, 2.24) is 4.98 Å². The van der Waals surface area contributed by atoms with Gasteiger partial charge in [-0.1, -0.05) is 6.07 Å². The topological polar surface area (TPSA) is 78.4 Å². The smallest absolute Gasteiger partial charge is 0.405 e. The maximum Gasteiger partial charge on any atom is 0.405 e. The van der Waals surface area contributed by atoms with Crippen molar-refractivity contribution in [3.8, 4) is 11.5 Å². The maximum absolute atomic E-state index is 13.0. The second-order valence-electron chi connectivity index (χ2n) is 4.83. The summed E-state index contributed by atoms with van der Waals surface area (Å²) in [5, 5.41) is 0. The van der Waals surface area contributed by atoms with Crippen molar-refractivity contribution in [3.05, 3.63) is 53.8 Å². The highest BCUT2D eigenvalue weighted by Gasteiger charge is 2.13. The number of ether oxygens (including phenoxy) is 1. The van der Waals surface area contributed by atoms with E-state index in [0.29, 0.717) is 22.6 Å². The number of nitrogens with two attached hydrogens (primary N) is 1. The third-order valence-electron chi connectivity index (χ3n) is 3.27. The van der Waals surface area contributed by atoms with E-state index in [1.165, 1.54) is 12.1 Å². The number of primary amides is 1. The Morgan fingerprint density at radius 3 is 2.68 bits per heavy atom. The molecule has 6 heteroatoms. The molecule has 1 aromatic heterocycles. The van der Waals surface area contributed by atoms with E-state index in [2.05, 4.69) is 4.98 Å². The first-order valence-corrected chi connectivity index (χ1v) is 6.65. The van der Waals surface area contributed by atoms with Crippen LogP contribution in [-0.2, 0) is 4.74 Å². The molecule has 22 heavy (non-hydrogen) atoms. The summed E-state index contributed by atoms with van der Waals surface area (Å²) < 4.78 is 23.5. The highest BCUT2D eigenvalue weighted by Crippen LogP contribution is 2.27. The lowest BCUT2D eigenvalue weighted by atomic mass is 10.1. The lowest BCUT2D eigenvalue weighted by molar-refractivity contribution is 0.116. The molecule has 3 rings (SSSR count). The molecule has 112 valence electrons. The molecule has 1 atom stereocenters. The molecule has 0 spiro atoms. The standard InChI is InChI=1S/C16H13FN2O3/c1-9(21-16(18)20)11-4-7-14-13(8-11)19-15(22-14)10-2-5-12(17)6-3-10/h2-9H,1H3,(H2,18,20). The van der Waals surface area contributed by atoms with Crippen LogP contribution in [0.5, 0.6) is 0 Å². The van der Waals surface area contributed by atoms with Gasteiger partial charge >= 0.3 is 6.09 Å². The Bertz CT molecular complexity index is 827. The molecule has 0 radical (unpaired) electrons. The molecule has 0 bridgehead atoms. The van der Waals surface area contributed by atoms with Gasteiger partial charge in [-0.3, -0.25) is 0 Å². The highest BCUT2D eigenvalue weighted by molar-refractivity contribution is 5.77. The van der Waals surface area contributed by atoms with E-state index in [-0.39, 0.29) is 5.82 Å². The number of amides is 1. The molecule has 3 aromatic rings. The minimum Gasteiger partial charge on any atom is -0.442 e. The van der Waals surface area contributed by atoms with Gasteiger partial charge in [-0.15, -0.1) is 0 Å². The van der Waals surface area contributed by atoms with Crippen molar-refractivity contribution in [3.63, 3.8) is 0 Å². The Kier molecular flexibility index (Phi) is 3.50. The molecule has 5 nitrogen and oxygen atoms in total. The van der Waals surface area contributed by atoms with Crippen LogP contribution in [0.1, 0.15) is 18.6 Å². The van der Waals surface area contributed by atoms with Crippen LogP contribution in [0, 0.1) is 5.82 Å². The fourth-order valence-electron chi connectivity index (χ4n) is 2.16. The Morgan fingerprint density at radius 2 is 2.00 bits per heavy atom. The van der Waals surface area contributed by atoms with Crippen LogP contribution in [0.2, 0.25) is 0 Å². The summed E-state index contributed by atoms with van der Waals surface area (Å²) in [5.74, 6) is 0.0789. The van der Waals surface area contributed by atoms with E-state index < -0.39 is 12.2 Å². The van der Waals surface area contributed by atoms with Crippen LogP contribution in [0.3, 0.4) is 0 Å². The van der Waals surface area contributed by atoms with Gasteiger partial charge in [-0.2, -0.15) is 0 Å². The first-order chi connectivity index (χ1) is 10.5. The molecule has 0 fully saturated rings. The van der Waals surface area contributed by atoms with E-state index in [1.54, 1.807) is 37.3 Å². The Labute approximate surface area is 125 Å². The third-order valence-corrected chi connectivity index (χ3v) is 3.27. The lowest BCUT2D eigenvalue weighted by Crippen LogP contribution is -2.15. The number of rotatable bonds is 3. The average molecular weight is 300 g/mol. The van der Waals surface area contributed by atoms with Gasteiger partial charge in [0.05, 0.1) is 0 Å². The lowest BCUT2D eigenvalue weighted by Gasteiger charge is -2.10. The number of aromatic nitrogens is 1. The minimum atomic E-state index is -0.834. The predicted octanol–water partition coefficient (Wildman–Crippen LogP) is 3.79. The van der Waals surface area contributed by atoms with E-state index in [1.807, 2.05) is 0 Å². The summed E-state index contributed by atoms with van der Waals surface area (Å²) in [5.41, 5.74) is 7.66. The van der Waals surface area contributed by atoms with Crippen LogP contribution in [0.15, 0.2) is 46.9 Å².